The van der Waals surface area contributed by atoms with Crippen molar-refractivity contribution >= 4 is 27.7 Å². The molecule has 0 unspecified atom stereocenters. The highest BCUT2D eigenvalue weighted by Crippen LogP contribution is 2.24. The molecule has 2 amide bonds. The molecule has 0 heterocycles. The summed E-state index contributed by atoms with van der Waals surface area (Å²) in [6.07, 6.45) is 0.149. The second-order valence-corrected chi connectivity index (χ2v) is 5.87. The van der Waals surface area contributed by atoms with Gasteiger partial charge in [-0.15, -0.1) is 0 Å². The van der Waals surface area contributed by atoms with Crippen LogP contribution >= 0.6 is 0 Å². The van der Waals surface area contributed by atoms with E-state index >= 15 is 0 Å². The summed E-state index contributed by atoms with van der Waals surface area (Å²) < 4.78 is 21.3. The normalized spacial score (nSPS) is 10.9. The smallest absolute Gasteiger partial charge is 0.335 e. The number of amides is 2. The first kappa shape index (κ1) is 16.7. The fourth-order valence-electron chi connectivity index (χ4n) is 1.41. The van der Waals surface area contributed by atoms with E-state index in [0.717, 1.165) is 6.07 Å². The number of anilines is 1. The van der Waals surface area contributed by atoms with Gasteiger partial charge in [0.05, 0.1) is 17.0 Å². The summed E-state index contributed by atoms with van der Waals surface area (Å²) in [6, 6.07) is 2.79. The number of carboxylic acid groups (broad SMARTS) is 1. The largest absolute Gasteiger partial charge is 0.506 e. The molecule has 0 bridgehead atoms. The van der Waals surface area contributed by atoms with Crippen molar-refractivity contribution < 1.29 is 28.2 Å². The molecule has 6 N–H and O–H groups in total. The van der Waals surface area contributed by atoms with Crippen LogP contribution in [-0.4, -0.2) is 42.9 Å². The topological polar surface area (TPSA) is 159 Å². The van der Waals surface area contributed by atoms with Gasteiger partial charge in [-0.25, -0.2) is 23.1 Å². The zero-order valence-corrected chi connectivity index (χ0v) is 11.7. The lowest BCUT2D eigenvalue weighted by atomic mass is 10.2. The van der Waals surface area contributed by atoms with Crippen molar-refractivity contribution in [1.82, 2.24) is 5.32 Å². The highest BCUT2D eigenvalue weighted by atomic mass is 32.2. The van der Waals surface area contributed by atoms with Gasteiger partial charge in [-0.1, -0.05) is 0 Å². The van der Waals surface area contributed by atoms with Gasteiger partial charge in [0.2, 0.25) is 10.0 Å². The Morgan fingerprint density at radius 1 is 1.29 bits per heavy atom. The van der Waals surface area contributed by atoms with Crippen molar-refractivity contribution in [3.63, 3.8) is 0 Å². The number of rotatable bonds is 6. The van der Waals surface area contributed by atoms with Gasteiger partial charge < -0.3 is 20.8 Å². The number of aromatic carboxylic acids is 1. The van der Waals surface area contributed by atoms with E-state index in [1.54, 1.807) is 0 Å². The third kappa shape index (κ3) is 6.10. The number of primary sulfonamides is 1. The predicted molar refractivity (Wildman–Crippen MR) is 74.7 cm³/mol. The van der Waals surface area contributed by atoms with Crippen LogP contribution in [-0.2, 0) is 10.0 Å². The maximum atomic E-state index is 11.5. The Hall–Kier alpha value is -2.33. The van der Waals surface area contributed by atoms with E-state index in [0.29, 0.717) is 0 Å². The monoisotopic (exact) mass is 317 g/mol. The molecule has 10 heteroatoms. The molecule has 1 rings (SSSR count). The molecule has 0 aliphatic rings. The molecule has 116 valence electrons. The van der Waals surface area contributed by atoms with Gasteiger partial charge >= 0.3 is 12.0 Å². The summed E-state index contributed by atoms with van der Waals surface area (Å²) in [4.78, 5) is 22.1. The Labute approximate surface area is 120 Å². The van der Waals surface area contributed by atoms with Crippen LogP contribution in [0.15, 0.2) is 18.2 Å². The number of carbonyl (C=O) groups is 2. The molecule has 0 aromatic heterocycles. The van der Waals surface area contributed by atoms with E-state index in [1.165, 1.54) is 12.1 Å². The first-order valence-corrected chi connectivity index (χ1v) is 7.52. The molecule has 0 aliphatic carbocycles. The molecule has 9 nitrogen and oxygen atoms in total. The molecular weight excluding hydrogens is 302 g/mol. The molecule has 1 aromatic carbocycles. The number of carbonyl (C=O) groups excluding carboxylic acids is 1. The number of urea groups is 1. The number of phenols is 1. The first-order chi connectivity index (χ1) is 9.69. The Kier molecular flexibility index (Phi) is 5.50. The van der Waals surface area contributed by atoms with Crippen LogP contribution in [0.5, 0.6) is 5.75 Å². The molecule has 0 aliphatic heterocycles. The standard InChI is InChI=1S/C11H15N3O6S/c12-21(19,20)5-1-4-13-11(18)14-8-3-2-7(10(16)17)6-9(8)15/h2-3,6,15H,1,4-5H2,(H,16,17)(H2,12,19,20)(H2,13,14,18). The van der Waals surface area contributed by atoms with Gasteiger partial charge in [-0.3, -0.25) is 0 Å². The van der Waals surface area contributed by atoms with Crippen LogP contribution in [0.25, 0.3) is 0 Å². The minimum atomic E-state index is -3.57. The van der Waals surface area contributed by atoms with Gasteiger partial charge in [0.25, 0.3) is 0 Å². The molecule has 0 atom stereocenters. The van der Waals surface area contributed by atoms with E-state index < -0.39 is 27.8 Å². The van der Waals surface area contributed by atoms with Crippen molar-refractivity contribution in [1.29, 1.82) is 0 Å². The van der Waals surface area contributed by atoms with Gasteiger partial charge in [-0.05, 0) is 24.6 Å². The zero-order chi connectivity index (χ0) is 16.0. The second-order valence-electron chi connectivity index (χ2n) is 4.14. The minimum absolute atomic E-state index is 0.0314. The quantitative estimate of drug-likeness (QED) is 0.363. The molecular formula is C11H15N3O6S. The second kappa shape index (κ2) is 6.90. The van der Waals surface area contributed by atoms with Crippen molar-refractivity contribution in [2.24, 2.45) is 5.14 Å². The van der Waals surface area contributed by atoms with Crippen LogP contribution in [0.2, 0.25) is 0 Å². The van der Waals surface area contributed by atoms with Crippen LogP contribution in [0.1, 0.15) is 16.8 Å². The van der Waals surface area contributed by atoms with Crippen LogP contribution in [0.4, 0.5) is 10.5 Å². The number of carboxylic acids is 1. The van der Waals surface area contributed by atoms with Crippen LogP contribution < -0.4 is 15.8 Å². The van der Waals surface area contributed by atoms with Crippen LogP contribution in [0, 0.1) is 0 Å². The summed E-state index contributed by atoms with van der Waals surface area (Å²) in [7, 11) is -3.57. The fourth-order valence-corrected chi connectivity index (χ4v) is 1.96. The Morgan fingerprint density at radius 2 is 1.95 bits per heavy atom. The van der Waals surface area contributed by atoms with E-state index in [2.05, 4.69) is 10.6 Å². The summed E-state index contributed by atoms with van der Waals surface area (Å²) >= 11 is 0. The SMILES string of the molecule is NS(=O)(=O)CCCNC(=O)Nc1ccc(C(=O)O)cc1O. The summed E-state index contributed by atoms with van der Waals surface area (Å²) in [6.45, 7) is 0.0796. The number of hydrogen-bond donors (Lipinski definition) is 5. The Bertz CT molecular complexity index is 643. The number of nitrogens with two attached hydrogens (primary N) is 1. The average molecular weight is 317 g/mol. The minimum Gasteiger partial charge on any atom is -0.506 e. The van der Waals surface area contributed by atoms with Gasteiger partial charge in [-0.2, -0.15) is 0 Å². The maximum Gasteiger partial charge on any atom is 0.335 e. The molecule has 0 spiro atoms. The number of aromatic hydroxyl groups is 1. The fraction of sp³-hybridized carbons (Fsp3) is 0.273. The Morgan fingerprint density at radius 3 is 2.48 bits per heavy atom. The zero-order valence-electron chi connectivity index (χ0n) is 10.9. The van der Waals surface area contributed by atoms with Crippen molar-refractivity contribution in [2.75, 3.05) is 17.6 Å². The van der Waals surface area contributed by atoms with Crippen molar-refractivity contribution in [2.45, 2.75) is 6.42 Å². The van der Waals surface area contributed by atoms with Gasteiger partial charge in [0, 0.05) is 6.54 Å². The van der Waals surface area contributed by atoms with E-state index in [1.807, 2.05) is 0 Å². The highest BCUT2D eigenvalue weighted by Gasteiger charge is 2.10. The van der Waals surface area contributed by atoms with E-state index in [9.17, 15) is 23.1 Å². The number of benzene rings is 1. The van der Waals surface area contributed by atoms with Gasteiger partial charge in [0.15, 0.2) is 0 Å². The Balaban J connectivity index is 2.50. The third-order valence-electron chi connectivity index (χ3n) is 2.38. The molecule has 0 saturated heterocycles. The van der Waals surface area contributed by atoms with Crippen molar-refractivity contribution in [3.05, 3.63) is 23.8 Å². The lowest BCUT2D eigenvalue weighted by Crippen LogP contribution is -2.31. The van der Waals surface area contributed by atoms with Crippen molar-refractivity contribution in [3.8, 4) is 5.75 Å². The summed E-state index contributed by atoms with van der Waals surface area (Å²) in [5.74, 6) is -1.86. The highest BCUT2D eigenvalue weighted by molar-refractivity contribution is 7.89. The summed E-state index contributed by atoms with van der Waals surface area (Å²) in [5, 5.41) is 27.8. The molecule has 0 radical (unpaired) electrons. The average Bonchev–Trinajstić information content (AvgIpc) is 2.36. The number of hydrogen-bond acceptors (Lipinski definition) is 5. The molecule has 1 aromatic rings. The number of nitrogens with one attached hydrogen (secondary N) is 2. The van der Waals surface area contributed by atoms with Crippen LogP contribution in [0.3, 0.4) is 0 Å². The van der Waals surface area contributed by atoms with Gasteiger partial charge in [0.1, 0.15) is 5.75 Å². The molecule has 0 fully saturated rings. The maximum absolute atomic E-state index is 11.5. The lowest BCUT2D eigenvalue weighted by molar-refractivity contribution is 0.0696. The third-order valence-corrected chi connectivity index (χ3v) is 3.24. The predicted octanol–water partition coefficient (Wildman–Crippen LogP) is -0.109. The van der Waals surface area contributed by atoms with E-state index in [-0.39, 0.29) is 30.0 Å². The first-order valence-electron chi connectivity index (χ1n) is 5.80. The van der Waals surface area contributed by atoms with E-state index in [4.69, 9.17) is 10.2 Å². The number of phenolic OH excluding ortho intramolecular Hbond substituents is 1. The number of sulfonamides is 1. The lowest BCUT2D eigenvalue weighted by Gasteiger charge is -2.09. The molecule has 21 heavy (non-hydrogen) atoms. The molecule has 0 saturated carbocycles. The summed E-state index contributed by atoms with van der Waals surface area (Å²) in [5.41, 5.74) is -0.0874.